The summed E-state index contributed by atoms with van der Waals surface area (Å²) in [5.41, 5.74) is 7.67. The first-order valence-corrected chi connectivity index (χ1v) is 14.4. The second-order valence-corrected chi connectivity index (χ2v) is 10.5. The summed E-state index contributed by atoms with van der Waals surface area (Å²) in [5, 5.41) is 17.3. The van der Waals surface area contributed by atoms with E-state index in [9.17, 15) is 14.7 Å². The Morgan fingerprint density at radius 3 is 2.40 bits per heavy atom. The highest BCUT2D eigenvalue weighted by Gasteiger charge is 2.36. The largest absolute Gasteiger partial charge is 0.497 e. The lowest BCUT2D eigenvalue weighted by Crippen LogP contribution is -2.46. The molecule has 40 heavy (non-hydrogen) atoms. The molecule has 7 nitrogen and oxygen atoms in total. The number of amides is 2. The van der Waals surface area contributed by atoms with Gasteiger partial charge in [0.15, 0.2) is 0 Å². The standard InChI is InChI=1S/C33H45N3O4/c1-4-18-36(19-5-2)33(39)29(16-17-32(34)38)30(21-26-13-9-12-25-11-6-7-15-28(25)26)31(37)23-35-22-24-10-8-14-27(20-24)40-3/h6-15,20,29-31,35,37H,4-5,16-19,21-23H2,1-3H3,(H2,34,38)/t29?,30-,31-/m0/s1. The van der Waals surface area contributed by atoms with Gasteiger partial charge in [0.1, 0.15) is 5.75 Å². The molecule has 0 aromatic heterocycles. The van der Waals surface area contributed by atoms with Crippen LogP contribution < -0.4 is 15.8 Å². The number of hydrogen-bond acceptors (Lipinski definition) is 5. The molecule has 7 heteroatoms. The van der Waals surface area contributed by atoms with Gasteiger partial charge in [0.25, 0.3) is 0 Å². The molecule has 0 saturated carbocycles. The molecule has 0 aliphatic heterocycles. The average Bonchev–Trinajstić information content (AvgIpc) is 2.96. The number of fused-ring (bicyclic) bond motifs is 1. The molecule has 2 amide bonds. The van der Waals surface area contributed by atoms with E-state index < -0.39 is 23.8 Å². The van der Waals surface area contributed by atoms with Crippen LogP contribution in [0.1, 0.15) is 50.7 Å². The van der Waals surface area contributed by atoms with Crippen LogP contribution in [0, 0.1) is 11.8 Å². The lowest BCUT2D eigenvalue weighted by molar-refractivity contribution is -0.140. The van der Waals surface area contributed by atoms with E-state index in [4.69, 9.17) is 10.5 Å². The molecular formula is C33H45N3O4. The summed E-state index contributed by atoms with van der Waals surface area (Å²) in [5.74, 6) is -0.630. The Labute approximate surface area is 238 Å². The normalized spacial score (nSPS) is 13.5. The highest BCUT2D eigenvalue weighted by Crippen LogP contribution is 2.31. The topological polar surface area (TPSA) is 105 Å². The molecule has 3 aromatic rings. The summed E-state index contributed by atoms with van der Waals surface area (Å²) >= 11 is 0. The number of aliphatic hydroxyl groups excluding tert-OH is 1. The molecule has 0 radical (unpaired) electrons. The van der Waals surface area contributed by atoms with Crippen LogP contribution in [0.5, 0.6) is 5.75 Å². The summed E-state index contributed by atoms with van der Waals surface area (Å²) in [6.45, 7) is 6.25. The smallest absolute Gasteiger partial charge is 0.226 e. The average molecular weight is 548 g/mol. The third-order valence-electron chi connectivity index (χ3n) is 7.48. The van der Waals surface area contributed by atoms with Crippen molar-refractivity contribution in [3.63, 3.8) is 0 Å². The molecule has 0 spiro atoms. The number of nitrogens with two attached hydrogens (primary N) is 1. The third kappa shape index (κ3) is 8.80. The highest BCUT2D eigenvalue weighted by molar-refractivity contribution is 5.86. The molecule has 0 heterocycles. The molecule has 3 rings (SSSR count). The zero-order valence-electron chi connectivity index (χ0n) is 24.1. The quantitative estimate of drug-likeness (QED) is 0.227. The minimum Gasteiger partial charge on any atom is -0.497 e. The van der Waals surface area contributed by atoms with Gasteiger partial charge in [0.05, 0.1) is 13.2 Å². The SMILES string of the molecule is CCCN(CCC)C(=O)C(CCC(N)=O)[C@H](Cc1cccc2ccccc12)[C@@H](O)CNCc1cccc(OC)c1. The number of carbonyl (C=O) groups excluding carboxylic acids is 2. The Balaban J connectivity index is 1.93. The van der Waals surface area contributed by atoms with Crippen LogP contribution in [0.3, 0.4) is 0 Å². The third-order valence-corrected chi connectivity index (χ3v) is 7.48. The van der Waals surface area contributed by atoms with Crippen LogP contribution in [0.15, 0.2) is 66.7 Å². The van der Waals surface area contributed by atoms with Crippen molar-refractivity contribution >= 4 is 22.6 Å². The first-order valence-electron chi connectivity index (χ1n) is 14.4. The van der Waals surface area contributed by atoms with Crippen LogP contribution in [0.4, 0.5) is 0 Å². The Hall–Kier alpha value is -3.42. The van der Waals surface area contributed by atoms with Gasteiger partial charge in [-0.15, -0.1) is 0 Å². The second-order valence-electron chi connectivity index (χ2n) is 10.5. The number of nitrogens with zero attached hydrogens (tertiary/aromatic N) is 1. The number of methoxy groups -OCH3 is 1. The molecule has 216 valence electrons. The summed E-state index contributed by atoms with van der Waals surface area (Å²) in [6, 6.07) is 22.1. The van der Waals surface area contributed by atoms with Gasteiger partial charge in [0, 0.05) is 44.4 Å². The predicted octanol–water partition coefficient (Wildman–Crippen LogP) is 4.69. The van der Waals surface area contributed by atoms with Crippen LogP contribution in [-0.4, -0.2) is 54.7 Å². The Morgan fingerprint density at radius 2 is 1.70 bits per heavy atom. The van der Waals surface area contributed by atoms with Crippen molar-refractivity contribution < 1.29 is 19.4 Å². The molecule has 1 unspecified atom stereocenters. The van der Waals surface area contributed by atoms with Crippen LogP contribution in [0.2, 0.25) is 0 Å². The van der Waals surface area contributed by atoms with Gasteiger partial charge in [0.2, 0.25) is 11.8 Å². The lowest BCUT2D eigenvalue weighted by Gasteiger charge is -2.35. The van der Waals surface area contributed by atoms with Gasteiger partial charge < -0.3 is 25.8 Å². The van der Waals surface area contributed by atoms with Crippen molar-refractivity contribution in [3.05, 3.63) is 77.9 Å². The van der Waals surface area contributed by atoms with E-state index in [0.717, 1.165) is 40.5 Å². The van der Waals surface area contributed by atoms with Crippen molar-refractivity contribution in [2.45, 2.75) is 58.6 Å². The monoisotopic (exact) mass is 547 g/mol. The number of carbonyl (C=O) groups is 2. The van der Waals surface area contributed by atoms with Gasteiger partial charge in [-0.3, -0.25) is 9.59 Å². The fourth-order valence-corrected chi connectivity index (χ4v) is 5.49. The van der Waals surface area contributed by atoms with E-state index in [0.29, 0.717) is 39.0 Å². The Kier molecular flexibility index (Phi) is 12.4. The van der Waals surface area contributed by atoms with E-state index in [-0.39, 0.29) is 12.3 Å². The number of nitrogens with one attached hydrogen (secondary N) is 1. The molecule has 4 N–H and O–H groups in total. The van der Waals surface area contributed by atoms with Crippen LogP contribution >= 0.6 is 0 Å². The van der Waals surface area contributed by atoms with Crippen LogP contribution in [-0.2, 0) is 22.6 Å². The Bertz CT molecular complexity index is 1220. The maximum atomic E-state index is 14.0. The summed E-state index contributed by atoms with van der Waals surface area (Å²) in [7, 11) is 1.64. The summed E-state index contributed by atoms with van der Waals surface area (Å²) in [6.07, 6.45) is 1.76. The minimum absolute atomic E-state index is 0.0120. The molecular weight excluding hydrogens is 502 g/mol. The molecule has 0 aliphatic rings. The zero-order chi connectivity index (χ0) is 28.9. The number of aliphatic hydroxyl groups is 1. The molecule has 0 fully saturated rings. The second kappa shape index (κ2) is 16.0. The van der Waals surface area contributed by atoms with Gasteiger partial charge in [-0.25, -0.2) is 0 Å². The summed E-state index contributed by atoms with van der Waals surface area (Å²) in [4.78, 5) is 27.8. The fraction of sp³-hybridized carbons (Fsp3) is 0.455. The number of primary amides is 1. The maximum Gasteiger partial charge on any atom is 0.226 e. The number of ether oxygens (including phenoxy) is 1. The van der Waals surface area contributed by atoms with Crippen molar-refractivity contribution in [2.24, 2.45) is 17.6 Å². The number of benzene rings is 3. The minimum atomic E-state index is -0.823. The molecule has 3 aromatic carbocycles. The van der Waals surface area contributed by atoms with E-state index >= 15 is 0 Å². The van der Waals surface area contributed by atoms with Gasteiger partial charge in [-0.05, 0) is 59.7 Å². The highest BCUT2D eigenvalue weighted by atomic mass is 16.5. The first-order chi connectivity index (χ1) is 19.4. The van der Waals surface area contributed by atoms with Crippen molar-refractivity contribution in [1.29, 1.82) is 0 Å². The number of rotatable bonds is 17. The molecule has 0 bridgehead atoms. The van der Waals surface area contributed by atoms with E-state index in [1.807, 2.05) is 47.4 Å². The molecule has 3 atom stereocenters. The predicted molar refractivity (Wildman–Crippen MR) is 161 cm³/mol. The Morgan fingerprint density at radius 1 is 1.00 bits per heavy atom. The molecule has 0 saturated heterocycles. The number of hydrogen-bond donors (Lipinski definition) is 3. The van der Waals surface area contributed by atoms with Gasteiger partial charge in [-0.2, -0.15) is 0 Å². The van der Waals surface area contributed by atoms with Crippen molar-refractivity contribution in [2.75, 3.05) is 26.7 Å². The maximum absolute atomic E-state index is 14.0. The van der Waals surface area contributed by atoms with Crippen molar-refractivity contribution in [3.8, 4) is 5.75 Å². The van der Waals surface area contributed by atoms with E-state index in [1.165, 1.54) is 0 Å². The molecule has 0 aliphatic carbocycles. The first kappa shape index (κ1) is 31.1. The van der Waals surface area contributed by atoms with Gasteiger partial charge >= 0.3 is 0 Å². The lowest BCUT2D eigenvalue weighted by atomic mass is 9.78. The van der Waals surface area contributed by atoms with E-state index in [2.05, 4.69) is 43.4 Å². The van der Waals surface area contributed by atoms with Gasteiger partial charge in [-0.1, -0.05) is 68.4 Å². The van der Waals surface area contributed by atoms with Crippen LogP contribution in [0.25, 0.3) is 10.8 Å². The fourth-order valence-electron chi connectivity index (χ4n) is 5.49. The van der Waals surface area contributed by atoms with E-state index in [1.54, 1.807) is 7.11 Å². The van der Waals surface area contributed by atoms with Crippen molar-refractivity contribution in [1.82, 2.24) is 10.2 Å². The summed E-state index contributed by atoms with van der Waals surface area (Å²) < 4.78 is 5.33. The zero-order valence-corrected chi connectivity index (χ0v) is 24.1.